The van der Waals surface area contributed by atoms with Crippen LogP contribution in [0.1, 0.15) is 22.7 Å². The van der Waals surface area contributed by atoms with Gasteiger partial charge in [-0.25, -0.2) is 4.98 Å². The Labute approximate surface area is 163 Å². The fourth-order valence-corrected chi connectivity index (χ4v) is 4.03. The maximum atomic E-state index is 12.7. The molecule has 0 spiro atoms. The van der Waals surface area contributed by atoms with Gasteiger partial charge < -0.3 is 24.3 Å². The van der Waals surface area contributed by atoms with Gasteiger partial charge in [-0.1, -0.05) is 18.2 Å². The lowest BCUT2D eigenvalue weighted by molar-refractivity contribution is -0.0350. The maximum Gasteiger partial charge on any atom is 0.273 e. The van der Waals surface area contributed by atoms with E-state index in [1.54, 1.807) is 6.92 Å². The fraction of sp³-hybridized carbons (Fsp3) is 0.500. The van der Waals surface area contributed by atoms with Crippen LogP contribution in [-0.4, -0.2) is 71.5 Å². The van der Waals surface area contributed by atoms with Crippen LogP contribution in [0, 0.1) is 6.92 Å². The van der Waals surface area contributed by atoms with Crippen molar-refractivity contribution in [3.8, 4) is 5.75 Å². The molecule has 2 fully saturated rings. The molecule has 1 aromatic heterocycles. The molecular weight excluding hydrogens is 362 g/mol. The van der Waals surface area contributed by atoms with E-state index in [1.807, 2.05) is 30.3 Å². The number of aliphatic hydroxyl groups is 1. The van der Waals surface area contributed by atoms with Crippen molar-refractivity contribution in [2.24, 2.45) is 0 Å². The number of carbonyl (C=O) groups is 1. The first kappa shape index (κ1) is 18.9. The van der Waals surface area contributed by atoms with Crippen LogP contribution >= 0.6 is 0 Å². The number of aryl methyl sites for hydroxylation is 1. The Hall–Kier alpha value is -2.42. The summed E-state index contributed by atoms with van der Waals surface area (Å²) in [6.45, 7) is 4.32. The summed E-state index contributed by atoms with van der Waals surface area (Å²) in [6.07, 6.45) is 0.607. The van der Waals surface area contributed by atoms with E-state index in [0.717, 1.165) is 0 Å². The van der Waals surface area contributed by atoms with Crippen LogP contribution in [0.3, 0.4) is 0 Å². The van der Waals surface area contributed by atoms with Gasteiger partial charge in [0.15, 0.2) is 12.1 Å². The first-order valence-electron chi connectivity index (χ1n) is 9.56. The Morgan fingerprint density at radius 2 is 2.04 bits per heavy atom. The van der Waals surface area contributed by atoms with Gasteiger partial charge >= 0.3 is 0 Å². The largest absolute Gasteiger partial charge is 0.488 e. The third kappa shape index (κ3) is 3.89. The summed E-state index contributed by atoms with van der Waals surface area (Å²) in [4.78, 5) is 18.8. The molecular formula is C20H25N3O5. The summed E-state index contributed by atoms with van der Waals surface area (Å²) in [5.74, 6) is 0.865. The maximum absolute atomic E-state index is 12.7. The number of ether oxygens (including phenoxy) is 2. The van der Waals surface area contributed by atoms with Gasteiger partial charge in [0.05, 0.1) is 25.3 Å². The molecule has 1 aromatic carbocycles. The van der Waals surface area contributed by atoms with E-state index in [1.165, 1.54) is 6.39 Å². The van der Waals surface area contributed by atoms with E-state index < -0.39 is 12.2 Å². The van der Waals surface area contributed by atoms with Crippen molar-refractivity contribution in [2.45, 2.75) is 37.6 Å². The molecule has 2 aliphatic rings. The normalized spacial score (nSPS) is 28.2. The molecule has 28 heavy (non-hydrogen) atoms. The number of hydrogen-bond acceptors (Lipinski definition) is 7. The van der Waals surface area contributed by atoms with Crippen LogP contribution in [0.4, 0.5) is 0 Å². The number of morpholine rings is 1. The molecule has 1 aliphatic carbocycles. The van der Waals surface area contributed by atoms with E-state index in [4.69, 9.17) is 13.9 Å². The number of rotatable bonds is 5. The van der Waals surface area contributed by atoms with Crippen molar-refractivity contribution in [3.05, 3.63) is 48.2 Å². The second-order valence-electron chi connectivity index (χ2n) is 7.17. The zero-order valence-corrected chi connectivity index (χ0v) is 15.8. The van der Waals surface area contributed by atoms with Crippen LogP contribution in [0.5, 0.6) is 5.75 Å². The van der Waals surface area contributed by atoms with Crippen LogP contribution in [0.25, 0.3) is 0 Å². The van der Waals surface area contributed by atoms with E-state index in [2.05, 4.69) is 15.2 Å². The summed E-state index contributed by atoms with van der Waals surface area (Å²) in [6, 6.07) is 8.89. The van der Waals surface area contributed by atoms with Crippen LogP contribution < -0.4 is 10.1 Å². The van der Waals surface area contributed by atoms with Gasteiger partial charge in [0.2, 0.25) is 0 Å². The molecule has 2 heterocycles. The molecule has 4 rings (SSSR count). The third-order valence-corrected chi connectivity index (χ3v) is 5.40. The Bertz CT molecular complexity index is 790. The zero-order valence-electron chi connectivity index (χ0n) is 15.8. The molecule has 0 bridgehead atoms. The highest BCUT2D eigenvalue weighted by molar-refractivity contribution is 5.93. The van der Waals surface area contributed by atoms with Gasteiger partial charge in [-0.05, 0) is 19.1 Å². The molecule has 2 N–H and O–H groups in total. The number of aromatic nitrogens is 1. The standard InChI is InChI=1S/C20H25N3O5/c1-13-17(21-12-27-13)20(25)22-15-11-16(28-14-5-3-2-4-6-14)19(24)18(15)23-7-9-26-10-8-23/h2-6,12,15-16,18-19,24H,7-11H2,1H3,(H,22,25)/t15-,16-,18+,19+/m1/s1. The SMILES string of the molecule is Cc1ocnc1C(=O)N[C@@H]1C[C@@H](Oc2ccccc2)[C@H](O)[C@H]1N1CCOCC1. The number of aliphatic hydroxyl groups excluding tert-OH is 1. The second kappa shape index (κ2) is 8.30. The summed E-state index contributed by atoms with van der Waals surface area (Å²) in [7, 11) is 0. The number of carbonyl (C=O) groups excluding carboxylic acids is 1. The Kier molecular flexibility index (Phi) is 5.61. The van der Waals surface area contributed by atoms with E-state index in [-0.39, 0.29) is 23.7 Å². The summed E-state index contributed by atoms with van der Waals surface area (Å²) in [5, 5.41) is 14.1. The van der Waals surface area contributed by atoms with Crippen molar-refractivity contribution >= 4 is 5.91 Å². The van der Waals surface area contributed by atoms with Gasteiger partial charge in [0, 0.05) is 19.5 Å². The average Bonchev–Trinajstić information content (AvgIpc) is 3.27. The number of oxazole rings is 1. The highest BCUT2D eigenvalue weighted by Gasteiger charge is 2.47. The Morgan fingerprint density at radius 3 is 2.71 bits per heavy atom. The number of amides is 1. The molecule has 4 atom stereocenters. The van der Waals surface area contributed by atoms with Crippen molar-refractivity contribution in [3.63, 3.8) is 0 Å². The first-order valence-corrected chi connectivity index (χ1v) is 9.56. The number of nitrogens with zero attached hydrogens (tertiary/aromatic N) is 2. The molecule has 1 aliphatic heterocycles. The molecule has 8 nitrogen and oxygen atoms in total. The molecule has 2 aromatic rings. The Balaban J connectivity index is 1.52. The van der Waals surface area contributed by atoms with Gasteiger partial charge in [0.25, 0.3) is 5.91 Å². The quantitative estimate of drug-likeness (QED) is 0.790. The minimum absolute atomic E-state index is 0.256. The minimum atomic E-state index is -0.734. The van der Waals surface area contributed by atoms with Crippen molar-refractivity contribution in [1.29, 1.82) is 0 Å². The second-order valence-corrected chi connectivity index (χ2v) is 7.17. The predicted molar refractivity (Wildman–Crippen MR) is 100 cm³/mol. The number of hydrogen-bond donors (Lipinski definition) is 2. The predicted octanol–water partition coefficient (Wildman–Crippen LogP) is 0.994. The summed E-state index contributed by atoms with van der Waals surface area (Å²) in [5.41, 5.74) is 0.266. The number of nitrogens with one attached hydrogen (secondary N) is 1. The van der Waals surface area contributed by atoms with Crippen molar-refractivity contribution in [1.82, 2.24) is 15.2 Å². The minimum Gasteiger partial charge on any atom is -0.488 e. The topological polar surface area (TPSA) is 97.1 Å². The number of benzene rings is 1. The van der Waals surface area contributed by atoms with Gasteiger partial charge in [-0.2, -0.15) is 0 Å². The first-order chi connectivity index (χ1) is 13.6. The van der Waals surface area contributed by atoms with Crippen molar-refractivity contribution in [2.75, 3.05) is 26.3 Å². The molecule has 150 valence electrons. The summed E-state index contributed by atoms with van der Waals surface area (Å²) >= 11 is 0. The molecule has 1 saturated carbocycles. The average molecular weight is 387 g/mol. The molecule has 8 heteroatoms. The molecule has 0 radical (unpaired) electrons. The highest BCUT2D eigenvalue weighted by atomic mass is 16.5. The lowest BCUT2D eigenvalue weighted by Gasteiger charge is -2.37. The highest BCUT2D eigenvalue weighted by Crippen LogP contribution is 2.30. The van der Waals surface area contributed by atoms with E-state index in [9.17, 15) is 9.90 Å². The zero-order chi connectivity index (χ0) is 19.5. The number of para-hydroxylation sites is 1. The Morgan fingerprint density at radius 1 is 1.29 bits per heavy atom. The summed E-state index contributed by atoms with van der Waals surface area (Å²) < 4.78 is 16.6. The lowest BCUT2D eigenvalue weighted by Crippen LogP contribution is -2.56. The van der Waals surface area contributed by atoms with Gasteiger partial charge in [0.1, 0.15) is 23.7 Å². The van der Waals surface area contributed by atoms with Crippen LogP contribution in [0.15, 0.2) is 41.1 Å². The molecule has 0 unspecified atom stereocenters. The van der Waals surface area contributed by atoms with Crippen LogP contribution in [-0.2, 0) is 4.74 Å². The molecule has 1 saturated heterocycles. The van der Waals surface area contributed by atoms with Crippen LogP contribution in [0.2, 0.25) is 0 Å². The van der Waals surface area contributed by atoms with E-state index in [0.29, 0.717) is 44.2 Å². The van der Waals surface area contributed by atoms with Gasteiger partial charge in [-0.3, -0.25) is 9.69 Å². The van der Waals surface area contributed by atoms with Crippen molar-refractivity contribution < 1.29 is 23.8 Å². The van der Waals surface area contributed by atoms with Gasteiger partial charge in [-0.15, -0.1) is 0 Å². The third-order valence-electron chi connectivity index (χ3n) is 5.40. The fourth-order valence-electron chi connectivity index (χ4n) is 4.03. The lowest BCUT2D eigenvalue weighted by atomic mass is 10.1. The smallest absolute Gasteiger partial charge is 0.273 e. The monoisotopic (exact) mass is 387 g/mol. The van der Waals surface area contributed by atoms with E-state index >= 15 is 0 Å². The molecule has 1 amide bonds.